The Morgan fingerprint density at radius 3 is 2.80 bits per heavy atom. The highest BCUT2D eigenvalue weighted by atomic mass is 16.2. The molecular weight excluding hydrogens is 130 g/mol. The van der Waals surface area contributed by atoms with Gasteiger partial charge in [0.2, 0.25) is 5.91 Å². The van der Waals surface area contributed by atoms with Crippen LogP contribution in [0.15, 0.2) is 12.7 Å². The molecule has 0 aromatic carbocycles. The Morgan fingerprint density at radius 1 is 1.80 bits per heavy atom. The fourth-order valence-corrected chi connectivity index (χ4v) is 0.478. The fourth-order valence-electron chi connectivity index (χ4n) is 0.478. The number of carbonyl (C=O) groups is 2. The lowest BCUT2D eigenvalue weighted by atomic mass is 10.3. The van der Waals surface area contributed by atoms with Gasteiger partial charge in [-0.2, -0.15) is 0 Å². The predicted octanol–water partition coefficient (Wildman–Crippen LogP) is 0.266. The smallest absolute Gasteiger partial charge is 0.224 e. The monoisotopic (exact) mass is 141 g/mol. The first-order valence-electron chi connectivity index (χ1n) is 3.06. The zero-order valence-corrected chi connectivity index (χ0v) is 5.96. The van der Waals surface area contributed by atoms with Crippen molar-refractivity contribution in [3.63, 3.8) is 0 Å². The van der Waals surface area contributed by atoms with Crippen LogP contribution in [0.5, 0.6) is 0 Å². The molecule has 1 atom stereocenters. The van der Waals surface area contributed by atoms with Crippen LogP contribution in [-0.4, -0.2) is 18.2 Å². The van der Waals surface area contributed by atoms with E-state index in [-0.39, 0.29) is 12.3 Å². The first-order chi connectivity index (χ1) is 4.70. The molecule has 1 amide bonds. The van der Waals surface area contributed by atoms with Crippen molar-refractivity contribution in [3.8, 4) is 0 Å². The highest BCUT2D eigenvalue weighted by molar-refractivity contribution is 5.80. The summed E-state index contributed by atoms with van der Waals surface area (Å²) in [6.45, 7) is 5.00. The summed E-state index contributed by atoms with van der Waals surface area (Å²) in [6, 6.07) is -0.396. The van der Waals surface area contributed by atoms with E-state index in [9.17, 15) is 9.59 Å². The van der Waals surface area contributed by atoms with E-state index >= 15 is 0 Å². The lowest BCUT2D eigenvalue weighted by Crippen LogP contribution is -2.32. The third kappa shape index (κ3) is 3.83. The highest BCUT2D eigenvalue weighted by Crippen LogP contribution is 1.81. The maximum atomic E-state index is 10.7. The summed E-state index contributed by atoms with van der Waals surface area (Å²) >= 11 is 0. The van der Waals surface area contributed by atoms with Gasteiger partial charge >= 0.3 is 0 Å². The summed E-state index contributed by atoms with van der Waals surface area (Å²) in [6.07, 6.45) is 2.44. The molecule has 0 bridgehead atoms. The first-order valence-corrected chi connectivity index (χ1v) is 3.06. The van der Waals surface area contributed by atoms with Crippen LogP contribution >= 0.6 is 0 Å². The van der Waals surface area contributed by atoms with Gasteiger partial charge in [-0.3, -0.25) is 4.79 Å². The Bertz CT molecular complexity index is 143. The molecule has 0 spiro atoms. The SMILES string of the molecule is C=CCC(=O)NC(C)C=O. The van der Waals surface area contributed by atoms with Gasteiger partial charge in [0.15, 0.2) is 0 Å². The van der Waals surface area contributed by atoms with Gasteiger partial charge in [0.1, 0.15) is 6.29 Å². The summed E-state index contributed by atoms with van der Waals surface area (Å²) in [7, 11) is 0. The number of aldehydes is 1. The Labute approximate surface area is 60.1 Å². The molecule has 3 nitrogen and oxygen atoms in total. The lowest BCUT2D eigenvalue weighted by molar-refractivity contribution is -0.123. The van der Waals surface area contributed by atoms with E-state index < -0.39 is 6.04 Å². The lowest BCUT2D eigenvalue weighted by Gasteiger charge is -2.03. The Balaban J connectivity index is 3.56. The van der Waals surface area contributed by atoms with Gasteiger partial charge in [-0.25, -0.2) is 0 Å². The van der Waals surface area contributed by atoms with Crippen LogP contribution in [0.1, 0.15) is 13.3 Å². The Hall–Kier alpha value is -1.12. The van der Waals surface area contributed by atoms with Gasteiger partial charge in [0.05, 0.1) is 6.04 Å². The van der Waals surface area contributed by atoms with Crippen LogP contribution in [0.2, 0.25) is 0 Å². The summed E-state index contributed by atoms with van der Waals surface area (Å²) in [5.74, 6) is -0.172. The van der Waals surface area contributed by atoms with E-state index in [0.29, 0.717) is 6.29 Å². The summed E-state index contributed by atoms with van der Waals surface area (Å²) in [5, 5.41) is 2.45. The van der Waals surface area contributed by atoms with Crippen molar-refractivity contribution in [1.82, 2.24) is 5.32 Å². The standard InChI is InChI=1S/C7H11NO2/c1-3-4-7(10)8-6(2)5-9/h3,5-6H,1,4H2,2H3,(H,8,10). The topological polar surface area (TPSA) is 46.2 Å². The number of hydrogen-bond donors (Lipinski definition) is 1. The molecule has 10 heavy (non-hydrogen) atoms. The van der Waals surface area contributed by atoms with Gasteiger partial charge in [0.25, 0.3) is 0 Å². The zero-order valence-electron chi connectivity index (χ0n) is 5.96. The van der Waals surface area contributed by atoms with Gasteiger partial charge in [-0.05, 0) is 6.92 Å². The molecule has 0 aliphatic carbocycles. The molecule has 0 fully saturated rings. The van der Waals surface area contributed by atoms with Crippen molar-refractivity contribution in [2.45, 2.75) is 19.4 Å². The van der Waals surface area contributed by atoms with Crippen molar-refractivity contribution in [1.29, 1.82) is 0 Å². The second-order valence-electron chi connectivity index (χ2n) is 1.99. The Kier molecular flexibility index (Phi) is 4.20. The van der Waals surface area contributed by atoms with E-state index in [2.05, 4.69) is 11.9 Å². The normalized spacial score (nSPS) is 11.7. The second-order valence-corrected chi connectivity index (χ2v) is 1.99. The van der Waals surface area contributed by atoms with E-state index in [4.69, 9.17) is 0 Å². The minimum Gasteiger partial charge on any atom is -0.347 e. The van der Waals surface area contributed by atoms with Gasteiger partial charge < -0.3 is 10.1 Å². The molecule has 0 aliphatic rings. The van der Waals surface area contributed by atoms with Crippen LogP contribution in [0.3, 0.4) is 0 Å². The third-order valence-corrected chi connectivity index (χ3v) is 0.923. The number of amides is 1. The predicted molar refractivity (Wildman–Crippen MR) is 38.5 cm³/mol. The van der Waals surface area contributed by atoms with Crippen molar-refractivity contribution >= 4 is 12.2 Å². The largest absolute Gasteiger partial charge is 0.347 e. The quantitative estimate of drug-likeness (QED) is 0.451. The number of hydrogen-bond acceptors (Lipinski definition) is 2. The van der Waals surface area contributed by atoms with Gasteiger partial charge in [-0.1, -0.05) is 6.08 Å². The number of carbonyl (C=O) groups excluding carboxylic acids is 2. The van der Waals surface area contributed by atoms with Crippen molar-refractivity contribution in [2.75, 3.05) is 0 Å². The molecule has 56 valence electrons. The third-order valence-electron chi connectivity index (χ3n) is 0.923. The average molecular weight is 141 g/mol. The average Bonchev–Trinajstić information content (AvgIpc) is 1.88. The molecular formula is C7H11NO2. The molecule has 1 unspecified atom stereocenters. The van der Waals surface area contributed by atoms with Crippen LogP contribution in [0.4, 0.5) is 0 Å². The minimum absolute atomic E-state index is 0.172. The maximum absolute atomic E-state index is 10.7. The Morgan fingerprint density at radius 2 is 2.40 bits per heavy atom. The van der Waals surface area contributed by atoms with Crippen molar-refractivity contribution in [3.05, 3.63) is 12.7 Å². The highest BCUT2D eigenvalue weighted by Gasteiger charge is 2.01. The van der Waals surface area contributed by atoms with Crippen LogP contribution in [0.25, 0.3) is 0 Å². The van der Waals surface area contributed by atoms with Gasteiger partial charge in [0, 0.05) is 6.42 Å². The van der Waals surface area contributed by atoms with Crippen LogP contribution in [-0.2, 0) is 9.59 Å². The van der Waals surface area contributed by atoms with Crippen molar-refractivity contribution in [2.24, 2.45) is 0 Å². The summed E-state index contributed by atoms with van der Waals surface area (Å²) in [5.41, 5.74) is 0. The van der Waals surface area contributed by atoms with Crippen LogP contribution in [0, 0.1) is 0 Å². The molecule has 0 saturated carbocycles. The molecule has 0 heterocycles. The second kappa shape index (κ2) is 4.73. The molecule has 0 aromatic rings. The fraction of sp³-hybridized carbons (Fsp3) is 0.429. The van der Waals surface area contributed by atoms with E-state index in [1.54, 1.807) is 6.92 Å². The summed E-state index contributed by atoms with van der Waals surface area (Å²) in [4.78, 5) is 20.7. The molecule has 0 rings (SSSR count). The number of nitrogens with one attached hydrogen (secondary N) is 1. The molecule has 0 radical (unpaired) electrons. The molecule has 1 N–H and O–H groups in total. The van der Waals surface area contributed by atoms with E-state index in [1.165, 1.54) is 6.08 Å². The molecule has 0 saturated heterocycles. The summed E-state index contributed by atoms with van der Waals surface area (Å²) < 4.78 is 0. The van der Waals surface area contributed by atoms with Crippen LogP contribution < -0.4 is 5.32 Å². The minimum atomic E-state index is -0.396. The zero-order chi connectivity index (χ0) is 7.98. The molecule has 0 aromatic heterocycles. The molecule has 3 heteroatoms. The maximum Gasteiger partial charge on any atom is 0.224 e. The molecule has 0 aliphatic heterocycles. The van der Waals surface area contributed by atoms with E-state index in [0.717, 1.165) is 0 Å². The van der Waals surface area contributed by atoms with Gasteiger partial charge in [-0.15, -0.1) is 6.58 Å². The number of rotatable bonds is 4. The first kappa shape index (κ1) is 8.88. The van der Waals surface area contributed by atoms with Crippen molar-refractivity contribution < 1.29 is 9.59 Å². The van der Waals surface area contributed by atoms with E-state index in [1.807, 2.05) is 0 Å².